The van der Waals surface area contributed by atoms with Crippen LogP contribution in [0.3, 0.4) is 0 Å². The maximum absolute atomic E-state index is 9.50. The predicted octanol–water partition coefficient (Wildman–Crippen LogP) is 4.63. The predicted molar refractivity (Wildman–Crippen MR) is 133 cm³/mol. The fourth-order valence-corrected chi connectivity index (χ4v) is 5.96. The molecule has 1 aliphatic rings. The van der Waals surface area contributed by atoms with E-state index in [1.807, 2.05) is 0 Å². The van der Waals surface area contributed by atoms with E-state index < -0.39 is 0 Å². The van der Waals surface area contributed by atoms with Crippen LogP contribution in [0.25, 0.3) is 32.5 Å². The number of morpholine rings is 1. The lowest BCUT2D eigenvalue weighted by molar-refractivity contribution is 0.0344. The number of aromatic amines is 2. The molecule has 1 atom stereocenters. The van der Waals surface area contributed by atoms with Crippen molar-refractivity contribution in [2.24, 2.45) is 0 Å². The molecular formula is C25H32N4O3S. The number of H-pyrrole nitrogens is 2. The highest BCUT2D eigenvalue weighted by atomic mass is 32.1. The molecule has 1 aromatic carbocycles. The Morgan fingerprint density at radius 3 is 2.85 bits per heavy atom. The Morgan fingerprint density at radius 2 is 2.09 bits per heavy atom. The van der Waals surface area contributed by atoms with E-state index >= 15 is 0 Å². The van der Waals surface area contributed by atoms with Gasteiger partial charge in [-0.15, -0.1) is 11.3 Å². The lowest BCUT2D eigenvalue weighted by Gasteiger charge is -2.26. The number of ether oxygens (including phenoxy) is 2. The fourth-order valence-electron chi connectivity index (χ4n) is 4.89. The van der Waals surface area contributed by atoms with Gasteiger partial charge in [-0.3, -0.25) is 10.00 Å². The van der Waals surface area contributed by atoms with E-state index in [0.29, 0.717) is 12.5 Å². The minimum absolute atomic E-state index is 0.211. The number of nitrogens with zero attached hydrogens (tertiary/aromatic N) is 2. The standard InChI is InChI=1S/C25H32N4O3S/c1-3-16(6-9-30)17-4-5-19-20(14-29-7-10-32-11-8-29)23(26-21(19)12-17)24-25-22(27-28-24)13-18(33-25)15-31-2/h4-5,12-13,16,26,30H,3,6-11,14-15H2,1-2H3,(H,27,28). The van der Waals surface area contributed by atoms with Crippen LogP contribution in [0, 0.1) is 0 Å². The van der Waals surface area contributed by atoms with Gasteiger partial charge in [-0.1, -0.05) is 19.1 Å². The van der Waals surface area contributed by atoms with E-state index in [-0.39, 0.29) is 6.61 Å². The lowest BCUT2D eigenvalue weighted by Crippen LogP contribution is -2.35. The molecule has 4 aromatic rings. The topological polar surface area (TPSA) is 86.4 Å². The smallest absolute Gasteiger partial charge is 0.126 e. The van der Waals surface area contributed by atoms with E-state index in [4.69, 9.17) is 14.6 Å². The van der Waals surface area contributed by atoms with Crippen LogP contribution in [0.1, 0.15) is 41.7 Å². The number of hydrogen-bond donors (Lipinski definition) is 3. The van der Waals surface area contributed by atoms with Gasteiger partial charge >= 0.3 is 0 Å². The molecule has 0 aliphatic carbocycles. The van der Waals surface area contributed by atoms with E-state index in [9.17, 15) is 5.11 Å². The molecule has 5 rings (SSSR count). The summed E-state index contributed by atoms with van der Waals surface area (Å²) in [6.45, 7) is 7.28. The minimum atomic E-state index is 0.211. The number of aliphatic hydroxyl groups excluding tert-OH is 1. The Labute approximate surface area is 197 Å². The zero-order chi connectivity index (χ0) is 22.8. The summed E-state index contributed by atoms with van der Waals surface area (Å²) in [4.78, 5) is 7.37. The highest BCUT2D eigenvalue weighted by molar-refractivity contribution is 7.19. The number of benzene rings is 1. The van der Waals surface area contributed by atoms with E-state index in [1.165, 1.54) is 21.4 Å². The first kappa shape index (κ1) is 22.6. The molecule has 1 unspecified atom stereocenters. The summed E-state index contributed by atoms with van der Waals surface area (Å²) in [5.41, 5.74) is 6.79. The summed E-state index contributed by atoms with van der Waals surface area (Å²) in [5.74, 6) is 0.361. The number of rotatable bonds is 9. The third-order valence-corrected chi connectivity index (χ3v) is 7.78. The Balaban J connectivity index is 1.61. The van der Waals surface area contributed by atoms with Crippen LogP contribution in [-0.2, 0) is 22.6 Å². The van der Waals surface area contributed by atoms with Crippen LogP contribution < -0.4 is 0 Å². The van der Waals surface area contributed by atoms with Crippen molar-refractivity contribution in [3.05, 3.63) is 40.3 Å². The monoisotopic (exact) mass is 468 g/mol. The molecule has 33 heavy (non-hydrogen) atoms. The number of nitrogens with one attached hydrogen (secondary N) is 2. The van der Waals surface area contributed by atoms with Crippen LogP contribution in [0.5, 0.6) is 0 Å². The van der Waals surface area contributed by atoms with Gasteiger partial charge in [0.25, 0.3) is 0 Å². The fraction of sp³-hybridized carbons (Fsp3) is 0.480. The molecular weight excluding hydrogens is 436 g/mol. The minimum Gasteiger partial charge on any atom is -0.396 e. The first-order chi connectivity index (χ1) is 16.2. The van der Waals surface area contributed by atoms with Crippen molar-refractivity contribution in [2.45, 2.75) is 38.8 Å². The van der Waals surface area contributed by atoms with Crippen molar-refractivity contribution in [3.63, 3.8) is 0 Å². The molecule has 8 heteroatoms. The van der Waals surface area contributed by atoms with Crippen LogP contribution in [0.15, 0.2) is 24.3 Å². The Bertz CT molecular complexity index is 1220. The van der Waals surface area contributed by atoms with Crippen LogP contribution in [-0.4, -0.2) is 65.2 Å². The van der Waals surface area contributed by atoms with Gasteiger partial charge in [0.2, 0.25) is 0 Å². The van der Waals surface area contributed by atoms with Gasteiger partial charge in [0, 0.05) is 54.7 Å². The number of hydrogen-bond acceptors (Lipinski definition) is 6. The Morgan fingerprint density at radius 1 is 1.24 bits per heavy atom. The van der Waals surface area contributed by atoms with Gasteiger partial charge < -0.3 is 19.6 Å². The molecule has 4 heterocycles. The highest BCUT2D eigenvalue weighted by Crippen LogP contribution is 2.38. The first-order valence-electron chi connectivity index (χ1n) is 11.7. The number of fused-ring (bicyclic) bond motifs is 2. The summed E-state index contributed by atoms with van der Waals surface area (Å²) >= 11 is 1.73. The van der Waals surface area contributed by atoms with Crippen LogP contribution in [0.4, 0.5) is 0 Å². The molecule has 0 spiro atoms. The number of aromatic nitrogens is 3. The van der Waals surface area contributed by atoms with Crippen molar-refractivity contribution in [2.75, 3.05) is 40.0 Å². The quantitative estimate of drug-likeness (QED) is 0.334. The molecule has 1 aliphatic heterocycles. The largest absolute Gasteiger partial charge is 0.396 e. The van der Waals surface area contributed by atoms with Crippen molar-refractivity contribution in [1.29, 1.82) is 0 Å². The summed E-state index contributed by atoms with van der Waals surface area (Å²) in [7, 11) is 1.73. The van der Waals surface area contributed by atoms with Gasteiger partial charge in [0.15, 0.2) is 0 Å². The van der Waals surface area contributed by atoms with Gasteiger partial charge in [-0.2, -0.15) is 5.10 Å². The van der Waals surface area contributed by atoms with Crippen molar-refractivity contribution in [3.8, 4) is 11.4 Å². The molecule has 176 valence electrons. The third kappa shape index (κ3) is 4.46. The van der Waals surface area contributed by atoms with Gasteiger partial charge in [-0.05, 0) is 36.5 Å². The number of aliphatic hydroxyl groups is 1. The van der Waals surface area contributed by atoms with Crippen LogP contribution in [0.2, 0.25) is 0 Å². The zero-order valence-corrected chi connectivity index (χ0v) is 20.1. The average molecular weight is 469 g/mol. The second-order valence-electron chi connectivity index (χ2n) is 8.75. The van der Waals surface area contributed by atoms with Crippen molar-refractivity contribution < 1.29 is 14.6 Å². The Hall–Kier alpha value is -2.23. The van der Waals surface area contributed by atoms with E-state index in [0.717, 1.165) is 72.8 Å². The summed E-state index contributed by atoms with van der Waals surface area (Å²) in [6.07, 6.45) is 1.80. The molecule has 1 saturated heterocycles. The van der Waals surface area contributed by atoms with Crippen molar-refractivity contribution >= 4 is 32.5 Å². The number of methoxy groups -OCH3 is 1. The van der Waals surface area contributed by atoms with Crippen LogP contribution >= 0.6 is 11.3 Å². The van der Waals surface area contributed by atoms with Gasteiger partial charge in [-0.25, -0.2) is 0 Å². The lowest BCUT2D eigenvalue weighted by atomic mass is 9.92. The molecule has 0 amide bonds. The summed E-state index contributed by atoms with van der Waals surface area (Å²) in [6, 6.07) is 8.87. The Kier molecular flexibility index (Phi) is 6.80. The molecule has 3 N–H and O–H groups in total. The second-order valence-corrected chi connectivity index (χ2v) is 9.89. The third-order valence-electron chi connectivity index (χ3n) is 6.67. The first-order valence-corrected chi connectivity index (χ1v) is 12.5. The molecule has 1 fully saturated rings. The van der Waals surface area contributed by atoms with Gasteiger partial charge in [0.05, 0.1) is 35.7 Å². The molecule has 0 radical (unpaired) electrons. The van der Waals surface area contributed by atoms with Gasteiger partial charge in [0.1, 0.15) is 5.69 Å². The maximum Gasteiger partial charge on any atom is 0.126 e. The second kappa shape index (κ2) is 9.95. The molecule has 3 aromatic heterocycles. The van der Waals surface area contributed by atoms with Crippen molar-refractivity contribution in [1.82, 2.24) is 20.1 Å². The van der Waals surface area contributed by atoms with E-state index in [1.54, 1.807) is 18.4 Å². The molecule has 0 bridgehead atoms. The SMILES string of the molecule is CCC(CCO)c1ccc2c(CN3CCOCC3)c(-c3n[nH]c4cc(COC)sc34)[nH]c2c1. The summed E-state index contributed by atoms with van der Waals surface area (Å²) < 4.78 is 12.1. The maximum atomic E-state index is 9.50. The van der Waals surface area contributed by atoms with E-state index in [2.05, 4.69) is 46.2 Å². The average Bonchev–Trinajstić information content (AvgIpc) is 3.51. The highest BCUT2D eigenvalue weighted by Gasteiger charge is 2.23. The summed E-state index contributed by atoms with van der Waals surface area (Å²) in [5, 5.41) is 18.7. The number of thiophene rings is 1. The zero-order valence-electron chi connectivity index (χ0n) is 19.3. The molecule has 0 saturated carbocycles. The molecule has 7 nitrogen and oxygen atoms in total. The normalized spacial score (nSPS) is 16.2.